The highest BCUT2D eigenvalue weighted by Gasteiger charge is 2.08. The van der Waals surface area contributed by atoms with Gasteiger partial charge in [-0.2, -0.15) is 0 Å². The Morgan fingerprint density at radius 3 is 2.72 bits per heavy atom. The van der Waals surface area contributed by atoms with Crippen molar-refractivity contribution in [1.29, 1.82) is 0 Å². The molecule has 0 bridgehead atoms. The number of hydrogen-bond donors (Lipinski definition) is 0. The summed E-state index contributed by atoms with van der Waals surface area (Å²) in [7, 11) is 1.62. The van der Waals surface area contributed by atoms with E-state index in [1.54, 1.807) is 25.7 Å². The van der Waals surface area contributed by atoms with Crippen molar-refractivity contribution in [2.75, 3.05) is 7.11 Å². The minimum absolute atomic E-state index is 0.605. The largest absolute Gasteiger partial charge is 0.481 e. The minimum atomic E-state index is 0.605. The van der Waals surface area contributed by atoms with Crippen LogP contribution >= 0.6 is 0 Å². The van der Waals surface area contributed by atoms with Crippen molar-refractivity contribution in [3.63, 3.8) is 0 Å². The number of nitrogens with zero attached hydrogens (tertiary/aromatic N) is 3. The van der Waals surface area contributed by atoms with Crippen LogP contribution in [0.2, 0.25) is 0 Å². The van der Waals surface area contributed by atoms with Crippen LogP contribution in [0.1, 0.15) is 0 Å². The normalized spacial score (nSPS) is 10.5. The van der Waals surface area contributed by atoms with Crippen LogP contribution in [0.15, 0.2) is 48.9 Å². The van der Waals surface area contributed by atoms with E-state index in [0.29, 0.717) is 5.88 Å². The molecule has 0 saturated heterocycles. The zero-order valence-electron chi connectivity index (χ0n) is 9.87. The first kappa shape index (κ1) is 10.7. The van der Waals surface area contributed by atoms with E-state index in [1.807, 2.05) is 30.3 Å². The molecule has 0 amide bonds. The molecule has 4 nitrogen and oxygen atoms in total. The Balaban J connectivity index is 2.26. The third-order valence-electron chi connectivity index (χ3n) is 2.72. The first-order valence-electron chi connectivity index (χ1n) is 5.58. The van der Waals surface area contributed by atoms with Gasteiger partial charge in [-0.05, 0) is 17.5 Å². The van der Waals surface area contributed by atoms with Crippen LogP contribution in [0, 0.1) is 0 Å². The lowest BCUT2D eigenvalue weighted by Gasteiger charge is -2.07. The van der Waals surface area contributed by atoms with Gasteiger partial charge in [0.05, 0.1) is 19.0 Å². The first-order valence-corrected chi connectivity index (χ1v) is 5.58. The highest BCUT2D eigenvalue weighted by atomic mass is 16.5. The number of methoxy groups -OCH3 is 1. The van der Waals surface area contributed by atoms with Crippen LogP contribution in [-0.2, 0) is 0 Å². The summed E-state index contributed by atoms with van der Waals surface area (Å²) in [6, 6.07) is 9.96. The Hall–Kier alpha value is -2.49. The Bertz CT molecular complexity index is 683. The summed E-state index contributed by atoms with van der Waals surface area (Å²) in [4.78, 5) is 12.8. The van der Waals surface area contributed by atoms with Gasteiger partial charge < -0.3 is 4.74 Å². The van der Waals surface area contributed by atoms with Gasteiger partial charge in [0.25, 0.3) is 0 Å². The molecule has 3 aromatic rings. The second-order valence-corrected chi connectivity index (χ2v) is 3.83. The van der Waals surface area contributed by atoms with Gasteiger partial charge in [0, 0.05) is 17.8 Å². The molecular weight excluding hydrogens is 226 g/mol. The van der Waals surface area contributed by atoms with Crippen LogP contribution in [0.5, 0.6) is 5.88 Å². The summed E-state index contributed by atoms with van der Waals surface area (Å²) in [5, 5.41) is 2.07. The second kappa shape index (κ2) is 4.41. The van der Waals surface area contributed by atoms with Crippen molar-refractivity contribution >= 4 is 10.8 Å². The van der Waals surface area contributed by atoms with E-state index in [9.17, 15) is 0 Å². The molecule has 0 aliphatic carbocycles. The molecule has 0 fully saturated rings. The second-order valence-electron chi connectivity index (χ2n) is 3.83. The van der Waals surface area contributed by atoms with E-state index in [-0.39, 0.29) is 0 Å². The number of hydrogen-bond acceptors (Lipinski definition) is 4. The highest BCUT2D eigenvalue weighted by Crippen LogP contribution is 2.27. The standard InChI is InChI=1S/C14H11N3O/c1-18-14-11-5-3-2-4-10(11)8-12(17-14)13-9-15-6-7-16-13/h2-9H,1H3. The third-order valence-corrected chi connectivity index (χ3v) is 2.72. The molecule has 0 atom stereocenters. The molecule has 0 spiro atoms. The van der Waals surface area contributed by atoms with Gasteiger partial charge in [0.15, 0.2) is 0 Å². The smallest absolute Gasteiger partial charge is 0.221 e. The van der Waals surface area contributed by atoms with Crippen LogP contribution in [-0.4, -0.2) is 22.1 Å². The molecule has 88 valence electrons. The van der Waals surface area contributed by atoms with E-state index in [4.69, 9.17) is 4.74 Å². The average Bonchev–Trinajstić information content (AvgIpc) is 2.47. The van der Waals surface area contributed by atoms with Crippen LogP contribution in [0.25, 0.3) is 22.2 Å². The summed E-state index contributed by atoms with van der Waals surface area (Å²) >= 11 is 0. The van der Waals surface area contributed by atoms with Crippen molar-refractivity contribution in [2.45, 2.75) is 0 Å². The maximum atomic E-state index is 5.33. The van der Waals surface area contributed by atoms with Gasteiger partial charge >= 0.3 is 0 Å². The molecule has 2 heterocycles. The third kappa shape index (κ3) is 1.78. The summed E-state index contributed by atoms with van der Waals surface area (Å²) in [6.45, 7) is 0. The van der Waals surface area contributed by atoms with Gasteiger partial charge in [-0.3, -0.25) is 9.97 Å². The summed E-state index contributed by atoms with van der Waals surface area (Å²) in [6.07, 6.45) is 4.98. The Morgan fingerprint density at radius 1 is 1.06 bits per heavy atom. The minimum Gasteiger partial charge on any atom is -0.481 e. The molecule has 0 saturated carbocycles. The van der Waals surface area contributed by atoms with Crippen LogP contribution in [0.4, 0.5) is 0 Å². The summed E-state index contributed by atoms with van der Waals surface area (Å²) in [5.41, 5.74) is 1.50. The maximum Gasteiger partial charge on any atom is 0.221 e. The summed E-state index contributed by atoms with van der Waals surface area (Å²) < 4.78 is 5.33. The molecule has 3 rings (SSSR count). The van der Waals surface area contributed by atoms with Crippen molar-refractivity contribution in [1.82, 2.24) is 15.0 Å². The fourth-order valence-corrected chi connectivity index (χ4v) is 1.89. The van der Waals surface area contributed by atoms with Crippen molar-refractivity contribution in [3.05, 3.63) is 48.9 Å². The number of aromatic nitrogens is 3. The SMILES string of the molecule is COc1nc(-c2cnccn2)cc2ccccc12. The molecule has 0 unspecified atom stereocenters. The van der Waals surface area contributed by atoms with Crippen molar-refractivity contribution in [2.24, 2.45) is 0 Å². The predicted molar refractivity (Wildman–Crippen MR) is 69.3 cm³/mol. The number of pyridine rings is 1. The average molecular weight is 237 g/mol. The van der Waals surface area contributed by atoms with Crippen molar-refractivity contribution in [3.8, 4) is 17.3 Å². The molecule has 0 aliphatic heterocycles. The predicted octanol–water partition coefficient (Wildman–Crippen LogP) is 2.70. The fourth-order valence-electron chi connectivity index (χ4n) is 1.89. The zero-order valence-corrected chi connectivity index (χ0v) is 9.87. The number of rotatable bonds is 2. The topological polar surface area (TPSA) is 47.9 Å². The Morgan fingerprint density at radius 2 is 1.94 bits per heavy atom. The molecular formula is C14H11N3O. The lowest BCUT2D eigenvalue weighted by molar-refractivity contribution is 0.404. The van der Waals surface area contributed by atoms with E-state index < -0.39 is 0 Å². The van der Waals surface area contributed by atoms with Crippen LogP contribution < -0.4 is 4.74 Å². The maximum absolute atomic E-state index is 5.33. The quantitative estimate of drug-likeness (QED) is 0.687. The fraction of sp³-hybridized carbons (Fsp3) is 0.0714. The molecule has 2 aromatic heterocycles. The van der Waals surface area contributed by atoms with Gasteiger partial charge in [-0.25, -0.2) is 4.98 Å². The molecule has 1 aromatic carbocycles. The Kier molecular flexibility index (Phi) is 2.61. The van der Waals surface area contributed by atoms with E-state index in [2.05, 4.69) is 15.0 Å². The van der Waals surface area contributed by atoms with E-state index in [1.165, 1.54) is 0 Å². The molecule has 0 N–H and O–H groups in total. The Labute approximate surface area is 104 Å². The van der Waals surface area contributed by atoms with Gasteiger partial charge in [0.1, 0.15) is 5.69 Å². The molecule has 0 radical (unpaired) electrons. The van der Waals surface area contributed by atoms with E-state index >= 15 is 0 Å². The first-order chi connectivity index (χ1) is 8.88. The van der Waals surface area contributed by atoms with E-state index in [0.717, 1.165) is 22.2 Å². The zero-order chi connectivity index (χ0) is 12.4. The van der Waals surface area contributed by atoms with Gasteiger partial charge in [-0.15, -0.1) is 0 Å². The number of benzene rings is 1. The lowest BCUT2D eigenvalue weighted by Crippen LogP contribution is -1.94. The monoisotopic (exact) mass is 237 g/mol. The highest BCUT2D eigenvalue weighted by molar-refractivity contribution is 5.89. The number of fused-ring (bicyclic) bond motifs is 1. The summed E-state index contributed by atoms with van der Waals surface area (Å²) in [5.74, 6) is 0.605. The van der Waals surface area contributed by atoms with Gasteiger partial charge in [0.2, 0.25) is 5.88 Å². The number of ether oxygens (including phenoxy) is 1. The lowest BCUT2D eigenvalue weighted by atomic mass is 10.1. The molecule has 4 heteroatoms. The molecule has 0 aliphatic rings. The van der Waals surface area contributed by atoms with Gasteiger partial charge in [-0.1, -0.05) is 18.2 Å². The molecule has 18 heavy (non-hydrogen) atoms. The van der Waals surface area contributed by atoms with Crippen molar-refractivity contribution < 1.29 is 4.74 Å². The van der Waals surface area contributed by atoms with Crippen LogP contribution in [0.3, 0.4) is 0 Å².